The Bertz CT molecular complexity index is 789. The lowest BCUT2D eigenvalue weighted by atomic mass is 9.78. The summed E-state index contributed by atoms with van der Waals surface area (Å²) in [7, 11) is 2.21. The topological polar surface area (TPSA) is 45.2 Å². The van der Waals surface area contributed by atoms with Crippen LogP contribution in [0.1, 0.15) is 47.6 Å². The molecule has 2 bridgehead atoms. The minimum Gasteiger partial charge on any atom is -0.344 e. The Hall–Kier alpha value is -1.91. The number of pyridine rings is 1. The minimum atomic E-state index is -0.136. The van der Waals surface area contributed by atoms with Gasteiger partial charge in [0.05, 0.1) is 16.6 Å². The molecule has 1 saturated carbocycles. The fourth-order valence-corrected chi connectivity index (χ4v) is 5.14. The first kappa shape index (κ1) is 18.5. The van der Waals surface area contributed by atoms with Crippen LogP contribution in [0, 0.1) is 11.8 Å². The zero-order valence-electron chi connectivity index (χ0n) is 15.6. The van der Waals surface area contributed by atoms with Crippen molar-refractivity contribution in [1.29, 1.82) is 0 Å². The number of carbonyl (C=O) groups is 1. The largest absolute Gasteiger partial charge is 0.344 e. The molecule has 3 aliphatic rings. The van der Waals surface area contributed by atoms with Gasteiger partial charge >= 0.3 is 0 Å². The third-order valence-corrected chi connectivity index (χ3v) is 6.53. The normalized spacial score (nSPS) is 26.4. The van der Waals surface area contributed by atoms with E-state index in [1.807, 2.05) is 18.2 Å². The number of carbonyl (C=O) groups excluding carboxylic acids is 1. The van der Waals surface area contributed by atoms with Crippen molar-refractivity contribution >= 4 is 17.5 Å². The van der Waals surface area contributed by atoms with Crippen LogP contribution in [0.5, 0.6) is 0 Å². The van der Waals surface area contributed by atoms with Crippen molar-refractivity contribution in [3.63, 3.8) is 0 Å². The van der Waals surface area contributed by atoms with Crippen LogP contribution in [0.4, 0.5) is 0 Å². The number of aromatic nitrogens is 1. The lowest BCUT2D eigenvalue weighted by Gasteiger charge is -2.38. The Morgan fingerprint density at radius 2 is 1.93 bits per heavy atom. The molecule has 1 aromatic heterocycles. The summed E-state index contributed by atoms with van der Waals surface area (Å²) < 4.78 is 0. The van der Waals surface area contributed by atoms with Crippen molar-refractivity contribution in [1.82, 2.24) is 15.2 Å². The van der Waals surface area contributed by atoms with Crippen LogP contribution in [-0.4, -0.2) is 35.4 Å². The van der Waals surface area contributed by atoms with Gasteiger partial charge in [0.25, 0.3) is 5.91 Å². The zero-order chi connectivity index (χ0) is 18.8. The van der Waals surface area contributed by atoms with Crippen LogP contribution >= 0.6 is 11.6 Å². The number of nitrogens with zero attached hydrogens (tertiary/aromatic N) is 2. The second kappa shape index (κ2) is 7.99. The summed E-state index contributed by atoms with van der Waals surface area (Å²) in [6, 6.07) is 12.3. The van der Waals surface area contributed by atoms with E-state index in [2.05, 4.69) is 34.4 Å². The molecule has 1 amide bonds. The maximum Gasteiger partial charge on any atom is 0.253 e. The number of hydrogen-bond acceptors (Lipinski definition) is 3. The van der Waals surface area contributed by atoms with E-state index in [0.29, 0.717) is 22.5 Å². The molecule has 5 heteroatoms. The van der Waals surface area contributed by atoms with Gasteiger partial charge in [-0.3, -0.25) is 9.78 Å². The first-order valence-corrected chi connectivity index (χ1v) is 10.2. The molecule has 3 heterocycles. The van der Waals surface area contributed by atoms with Crippen molar-refractivity contribution in [2.45, 2.75) is 37.8 Å². The lowest BCUT2D eigenvalue weighted by Crippen LogP contribution is -2.47. The lowest BCUT2D eigenvalue weighted by molar-refractivity contribution is 0.0869. The number of hydrogen-bond donors (Lipinski definition) is 1. The number of likely N-dealkylation sites (N-methyl/N-ethyl adjacent to an activating group) is 1. The molecule has 27 heavy (non-hydrogen) atoms. The Morgan fingerprint density at radius 3 is 2.63 bits per heavy atom. The molecular weight excluding hydrogens is 358 g/mol. The van der Waals surface area contributed by atoms with Gasteiger partial charge in [-0.15, -0.1) is 0 Å². The summed E-state index contributed by atoms with van der Waals surface area (Å²) in [4.78, 5) is 19.5. The molecule has 2 atom stereocenters. The average Bonchev–Trinajstić information content (AvgIpc) is 2.94. The van der Waals surface area contributed by atoms with Crippen LogP contribution in [0.25, 0.3) is 0 Å². The van der Waals surface area contributed by atoms with Gasteiger partial charge < -0.3 is 10.2 Å². The van der Waals surface area contributed by atoms with Crippen LogP contribution in [0.15, 0.2) is 48.8 Å². The van der Waals surface area contributed by atoms with Gasteiger partial charge in [-0.2, -0.15) is 0 Å². The molecule has 1 aromatic carbocycles. The maximum atomic E-state index is 13.0. The van der Waals surface area contributed by atoms with Gasteiger partial charge in [0.15, 0.2) is 0 Å². The fourth-order valence-electron chi connectivity index (χ4n) is 4.93. The average molecular weight is 384 g/mol. The van der Waals surface area contributed by atoms with E-state index in [1.165, 1.54) is 31.9 Å². The fraction of sp³-hybridized carbons (Fsp3) is 0.455. The summed E-state index contributed by atoms with van der Waals surface area (Å²) in [6.45, 7) is 1.11. The van der Waals surface area contributed by atoms with E-state index in [1.54, 1.807) is 12.3 Å². The van der Waals surface area contributed by atoms with E-state index in [0.717, 1.165) is 18.0 Å². The quantitative estimate of drug-likeness (QED) is 0.854. The summed E-state index contributed by atoms with van der Waals surface area (Å²) in [5.41, 5.74) is 1.63. The number of amides is 1. The van der Waals surface area contributed by atoms with Crippen molar-refractivity contribution < 1.29 is 4.79 Å². The Kier molecular flexibility index (Phi) is 5.46. The summed E-state index contributed by atoms with van der Waals surface area (Å²) in [5.74, 6) is 1.26. The van der Waals surface area contributed by atoms with Crippen LogP contribution in [0.3, 0.4) is 0 Å². The van der Waals surface area contributed by atoms with Crippen LogP contribution in [0.2, 0.25) is 5.02 Å². The van der Waals surface area contributed by atoms with Crippen LogP contribution < -0.4 is 5.32 Å². The molecule has 0 spiro atoms. The molecule has 2 unspecified atom stereocenters. The van der Waals surface area contributed by atoms with Crippen molar-refractivity contribution in [2.24, 2.45) is 11.8 Å². The number of benzene rings is 1. The van der Waals surface area contributed by atoms with Crippen molar-refractivity contribution in [3.8, 4) is 0 Å². The van der Waals surface area contributed by atoms with E-state index >= 15 is 0 Å². The third-order valence-electron chi connectivity index (χ3n) is 6.23. The van der Waals surface area contributed by atoms with Crippen molar-refractivity contribution in [2.75, 3.05) is 13.6 Å². The highest BCUT2D eigenvalue weighted by Crippen LogP contribution is 2.41. The van der Waals surface area contributed by atoms with Crippen molar-refractivity contribution in [3.05, 3.63) is 64.9 Å². The van der Waals surface area contributed by atoms with E-state index in [4.69, 9.17) is 11.6 Å². The zero-order valence-corrected chi connectivity index (χ0v) is 16.4. The Morgan fingerprint density at radius 1 is 1.19 bits per heavy atom. The summed E-state index contributed by atoms with van der Waals surface area (Å²) >= 11 is 6.22. The Balaban J connectivity index is 1.67. The van der Waals surface area contributed by atoms with Gasteiger partial charge in [0, 0.05) is 25.0 Å². The molecule has 1 N–H and O–H groups in total. The molecule has 2 aliphatic heterocycles. The minimum absolute atomic E-state index is 0.0604. The Labute approximate surface area is 165 Å². The molecule has 1 aliphatic carbocycles. The van der Waals surface area contributed by atoms with Gasteiger partial charge in [0.2, 0.25) is 0 Å². The SMILES string of the molecule is CN1CC2CCC(CC2)C1C(NC(=O)c1ccncc1Cl)c1ccccc1. The first-order chi connectivity index (χ1) is 13.1. The van der Waals surface area contributed by atoms with Crippen LogP contribution in [-0.2, 0) is 0 Å². The second-order valence-electron chi connectivity index (χ2n) is 7.93. The highest BCUT2D eigenvalue weighted by atomic mass is 35.5. The molecule has 4 nitrogen and oxygen atoms in total. The number of halogens is 1. The summed E-state index contributed by atoms with van der Waals surface area (Å²) in [6.07, 6.45) is 8.23. The van der Waals surface area contributed by atoms with E-state index in [9.17, 15) is 4.79 Å². The van der Waals surface area contributed by atoms with Gasteiger partial charge in [-0.1, -0.05) is 41.9 Å². The van der Waals surface area contributed by atoms with Gasteiger partial charge in [0.1, 0.15) is 0 Å². The summed E-state index contributed by atoms with van der Waals surface area (Å²) in [5, 5.41) is 3.69. The second-order valence-corrected chi connectivity index (χ2v) is 8.34. The molecule has 0 radical (unpaired) electrons. The van der Waals surface area contributed by atoms with E-state index in [-0.39, 0.29) is 11.9 Å². The molecule has 3 fully saturated rings. The number of nitrogens with one attached hydrogen (secondary N) is 1. The molecule has 2 aromatic rings. The van der Waals surface area contributed by atoms with Gasteiger partial charge in [-0.05, 0) is 56.2 Å². The number of rotatable bonds is 4. The standard InChI is InChI=1S/C22H26ClN3O/c1-26-14-15-7-9-17(10-8-15)21(26)20(16-5-3-2-4-6-16)25-22(27)18-11-12-24-13-19(18)23/h2-6,11-13,15,17,20-21H,7-10,14H2,1H3,(H,25,27). The third kappa shape index (κ3) is 3.87. The monoisotopic (exact) mass is 383 g/mol. The molecule has 142 valence electrons. The predicted octanol–water partition coefficient (Wildman–Crippen LogP) is 4.33. The predicted molar refractivity (Wildman–Crippen MR) is 108 cm³/mol. The molecule has 5 rings (SSSR count). The van der Waals surface area contributed by atoms with E-state index < -0.39 is 0 Å². The maximum absolute atomic E-state index is 13.0. The number of fused-ring (bicyclic) bond motifs is 4. The molecular formula is C22H26ClN3O. The highest BCUT2D eigenvalue weighted by Gasteiger charge is 2.40. The smallest absolute Gasteiger partial charge is 0.253 e. The molecule has 2 saturated heterocycles. The first-order valence-electron chi connectivity index (χ1n) is 9.79. The van der Waals surface area contributed by atoms with Gasteiger partial charge in [-0.25, -0.2) is 0 Å². The highest BCUT2D eigenvalue weighted by molar-refractivity contribution is 6.33.